The lowest BCUT2D eigenvalue weighted by Gasteiger charge is -2.00. The summed E-state index contributed by atoms with van der Waals surface area (Å²) in [4.78, 5) is 35.5. The average Bonchev–Trinajstić information content (AvgIpc) is 3.53. The van der Waals surface area contributed by atoms with Gasteiger partial charge < -0.3 is 15.1 Å². The molecule has 0 radical (unpaired) electrons. The predicted molar refractivity (Wildman–Crippen MR) is 131 cm³/mol. The summed E-state index contributed by atoms with van der Waals surface area (Å²) in [6.45, 7) is 3.99. The number of oxazole rings is 1. The van der Waals surface area contributed by atoms with Crippen LogP contribution in [0.15, 0.2) is 53.1 Å². The normalized spacial score (nSPS) is 10.8. The topological polar surface area (TPSA) is 97.1 Å². The van der Waals surface area contributed by atoms with E-state index in [0.29, 0.717) is 36.8 Å². The number of nitrogens with one attached hydrogen (secondary N) is 2. The van der Waals surface area contributed by atoms with E-state index in [1.807, 2.05) is 49.4 Å². The Bertz CT molecular complexity index is 1240. The Balaban J connectivity index is 1.28. The van der Waals surface area contributed by atoms with Crippen molar-refractivity contribution < 1.29 is 14.0 Å². The second-order valence-electron chi connectivity index (χ2n) is 7.49. The molecule has 2 amide bonds. The molecule has 2 N–H and O–H groups in total. The van der Waals surface area contributed by atoms with Crippen LogP contribution >= 0.6 is 22.7 Å². The number of aryl methyl sites for hydroxylation is 2. The SMILES string of the molecule is CC(=O)NCc1ccc(-c2nc(NC(=O)CCCc3ncc(-c4ccccc4)o3)sc2C)s1. The zero-order chi connectivity index (χ0) is 23.2. The lowest BCUT2D eigenvalue weighted by Crippen LogP contribution is -2.17. The maximum atomic E-state index is 12.4. The standard InChI is InChI=1S/C24H24N4O3S2/c1-15-23(20-12-11-18(33-20)13-25-16(2)29)28-24(32-15)27-21(30)9-6-10-22-26-14-19(31-22)17-7-4-3-5-8-17/h3-5,7-8,11-12,14H,6,9-10,13H2,1-2H3,(H,25,29)(H,27,28,30). The third-order valence-electron chi connectivity index (χ3n) is 4.86. The van der Waals surface area contributed by atoms with Crippen LogP contribution in [0.3, 0.4) is 0 Å². The second kappa shape index (κ2) is 10.5. The van der Waals surface area contributed by atoms with Gasteiger partial charge in [0.25, 0.3) is 0 Å². The fraction of sp³-hybridized carbons (Fsp3) is 0.250. The van der Waals surface area contributed by atoms with Gasteiger partial charge in [-0.25, -0.2) is 9.97 Å². The number of nitrogens with zero attached hydrogens (tertiary/aromatic N) is 2. The third kappa shape index (κ3) is 6.15. The molecule has 0 bridgehead atoms. The fourth-order valence-electron chi connectivity index (χ4n) is 3.23. The number of hydrogen-bond donors (Lipinski definition) is 2. The summed E-state index contributed by atoms with van der Waals surface area (Å²) >= 11 is 3.04. The molecule has 9 heteroatoms. The van der Waals surface area contributed by atoms with E-state index in [9.17, 15) is 9.59 Å². The van der Waals surface area contributed by atoms with E-state index in [0.717, 1.165) is 31.6 Å². The van der Waals surface area contributed by atoms with E-state index in [1.165, 1.54) is 18.3 Å². The molecule has 0 aliphatic carbocycles. The predicted octanol–water partition coefficient (Wildman–Crippen LogP) is 5.43. The summed E-state index contributed by atoms with van der Waals surface area (Å²) in [7, 11) is 0. The minimum atomic E-state index is -0.0809. The number of anilines is 1. The van der Waals surface area contributed by atoms with E-state index in [4.69, 9.17) is 4.42 Å². The van der Waals surface area contributed by atoms with Crippen LogP contribution in [0.25, 0.3) is 21.9 Å². The Labute approximate surface area is 199 Å². The number of rotatable bonds is 9. The van der Waals surface area contributed by atoms with Gasteiger partial charge in [0.1, 0.15) is 0 Å². The number of benzene rings is 1. The number of carbonyl (C=O) groups is 2. The van der Waals surface area contributed by atoms with Crippen LogP contribution in [0, 0.1) is 6.92 Å². The van der Waals surface area contributed by atoms with E-state index >= 15 is 0 Å². The van der Waals surface area contributed by atoms with Crippen molar-refractivity contribution in [1.29, 1.82) is 0 Å². The van der Waals surface area contributed by atoms with Crippen LogP contribution in [0.2, 0.25) is 0 Å². The Morgan fingerprint density at radius 3 is 2.70 bits per heavy atom. The van der Waals surface area contributed by atoms with E-state index in [2.05, 4.69) is 20.6 Å². The Hall–Kier alpha value is -3.30. The van der Waals surface area contributed by atoms with Crippen molar-refractivity contribution in [2.24, 2.45) is 0 Å². The number of thiazole rings is 1. The van der Waals surface area contributed by atoms with E-state index < -0.39 is 0 Å². The average molecular weight is 481 g/mol. The largest absolute Gasteiger partial charge is 0.441 e. The van der Waals surface area contributed by atoms with E-state index in [-0.39, 0.29) is 11.8 Å². The molecule has 0 aliphatic heterocycles. The zero-order valence-electron chi connectivity index (χ0n) is 18.4. The molecule has 3 aromatic heterocycles. The molecule has 0 saturated carbocycles. The first kappa shape index (κ1) is 22.9. The fourth-order valence-corrected chi connectivity index (χ4v) is 5.14. The molecule has 0 spiro atoms. The molecule has 0 unspecified atom stereocenters. The van der Waals surface area contributed by atoms with Crippen LogP contribution < -0.4 is 10.6 Å². The van der Waals surface area contributed by atoms with Gasteiger partial charge in [-0.3, -0.25) is 9.59 Å². The number of thiophene rings is 1. The molecule has 0 fully saturated rings. The molecular formula is C24H24N4O3S2. The summed E-state index contributed by atoms with van der Waals surface area (Å²) in [6.07, 6.45) is 3.30. The highest BCUT2D eigenvalue weighted by atomic mass is 32.1. The summed E-state index contributed by atoms with van der Waals surface area (Å²) in [6, 6.07) is 13.8. The highest BCUT2D eigenvalue weighted by Gasteiger charge is 2.14. The molecule has 1 aromatic carbocycles. The quantitative estimate of drug-likeness (QED) is 0.333. The molecule has 4 rings (SSSR count). The van der Waals surface area contributed by atoms with Gasteiger partial charge in [0, 0.05) is 35.1 Å². The van der Waals surface area contributed by atoms with Gasteiger partial charge in [-0.2, -0.15) is 0 Å². The molecular weight excluding hydrogens is 456 g/mol. The summed E-state index contributed by atoms with van der Waals surface area (Å²) < 4.78 is 5.80. The van der Waals surface area contributed by atoms with Gasteiger partial charge in [-0.15, -0.1) is 22.7 Å². The van der Waals surface area contributed by atoms with Gasteiger partial charge in [0.15, 0.2) is 16.8 Å². The van der Waals surface area contributed by atoms with Crippen LogP contribution in [-0.4, -0.2) is 21.8 Å². The monoisotopic (exact) mass is 480 g/mol. The molecule has 170 valence electrons. The van der Waals surface area contributed by atoms with Gasteiger partial charge in [0.2, 0.25) is 11.8 Å². The van der Waals surface area contributed by atoms with Gasteiger partial charge >= 0.3 is 0 Å². The van der Waals surface area contributed by atoms with Gasteiger partial charge in [0.05, 0.1) is 23.3 Å². The minimum Gasteiger partial charge on any atom is -0.441 e. The summed E-state index contributed by atoms with van der Waals surface area (Å²) in [5.74, 6) is 1.22. The van der Waals surface area contributed by atoms with Crippen molar-refractivity contribution in [3.8, 4) is 21.9 Å². The minimum absolute atomic E-state index is 0.0562. The summed E-state index contributed by atoms with van der Waals surface area (Å²) in [5, 5.41) is 6.29. The smallest absolute Gasteiger partial charge is 0.226 e. The van der Waals surface area contributed by atoms with Crippen molar-refractivity contribution in [3.63, 3.8) is 0 Å². The van der Waals surface area contributed by atoms with Crippen LogP contribution in [0.4, 0.5) is 5.13 Å². The summed E-state index contributed by atoms with van der Waals surface area (Å²) in [5.41, 5.74) is 1.85. The molecule has 0 aliphatic rings. The molecule has 7 nitrogen and oxygen atoms in total. The first-order valence-electron chi connectivity index (χ1n) is 10.6. The van der Waals surface area contributed by atoms with Crippen LogP contribution in [0.1, 0.15) is 35.4 Å². The van der Waals surface area contributed by atoms with E-state index in [1.54, 1.807) is 17.5 Å². The zero-order valence-corrected chi connectivity index (χ0v) is 20.0. The lowest BCUT2D eigenvalue weighted by molar-refractivity contribution is -0.119. The molecule has 33 heavy (non-hydrogen) atoms. The third-order valence-corrected chi connectivity index (χ3v) is 6.83. The van der Waals surface area contributed by atoms with Crippen molar-refractivity contribution in [2.75, 3.05) is 5.32 Å². The van der Waals surface area contributed by atoms with Crippen molar-refractivity contribution in [1.82, 2.24) is 15.3 Å². The number of amides is 2. The van der Waals surface area contributed by atoms with Crippen LogP contribution in [0.5, 0.6) is 0 Å². The second-order valence-corrected chi connectivity index (χ2v) is 9.86. The number of hydrogen-bond acceptors (Lipinski definition) is 7. The highest BCUT2D eigenvalue weighted by Crippen LogP contribution is 2.34. The maximum Gasteiger partial charge on any atom is 0.226 e. The Morgan fingerprint density at radius 2 is 1.91 bits per heavy atom. The van der Waals surface area contributed by atoms with Crippen molar-refractivity contribution >= 4 is 39.6 Å². The van der Waals surface area contributed by atoms with Gasteiger partial charge in [-0.1, -0.05) is 30.3 Å². The molecule has 0 saturated heterocycles. The molecule has 0 atom stereocenters. The Kier molecular flexibility index (Phi) is 7.31. The number of aromatic nitrogens is 2. The molecule has 3 heterocycles. The highest BCUT2D eigenvalue weighted by molar-refractivity contribution is 7.18. The lowest BCUT2D eigenvalue weighted by atomic mass is 10.2. The Morgan fingerprint density at radius 1 is 1.09 bits per heavy atom. The van der Waals surface area contributed by atoms with Crippen LogP contribution in [-0.2, 0) is 22.6 Å². The van der Waals surface area contributed by atoms with Crippen molar-refractivity contribution in [2.45, 2.75) is 39.7 Å². The molecule has 4 aromatic rings. The van der Waals surface area contributed by atoms with Crippen molar-refractivity contribution in [3.05, 3.63) is 64.3 Å². The first-order chi connectivity index (χ1) is 16.0. The first-order valence-corrected chi connectivity index (χ1v) is 12.2. The van der Waals surface area contributed by atoms with Gasteiger partial charge in [-0.05, 0) is 25.5 Å². The number of carbonyl (C=O) groups excluding carboxylic acids is 2. The maximum absolute atomic E-state index is 12.4.